The number of ether oxygens (including phenoxy) is 1. The second-order valence-corrected chi connectivity index (χ2v) is 6.78. The van der Waals surface area contributed by atoms with Gasteiger partial charge >= 0.3 is 0 Å². The Labute approximate surface area is 164 Å². The van der Waals surface area contributed by atoms with E-state index in [-0.39, 0.29) is 24.5 Å². The first-order valence-electron chi connectivity index (χ1n) is 9.36. The molecular formula is C22H25N3O3. The molecule has 0 bridgehead atoms. The third kappa shape index (κ3) is 4.39. The van der Waals surface area contributed by atoms with E-state index in [0.29, 0.717) is 24.4 Å². The van der Waals surface area contributed by atoms with Gasteiger partial charge in [-0.15, -0.1) is 0 Å². The molecule has 0 unspecified atom stereocenters. The Bertz CT molecular complexity index is 1010. The Balaban J connectivity index is 1.52. The second-order valence-electron chi connectivity index (χ2n) is 6.78. The summed E-state index contributed by atoms with van der Waals surface area (Å²) in [6, 6.07) is 13.4. The van der Waals surface area contributed by atoms with Gasteiger partial charge in [0, 0.05) is 25.9 Å². The molecule has 28 heavy (non-hydrogen) atoms. The number of methoxy groups -OCH3 is 1. The highest BCUT2D eigenvalue weighted by Crippen LogP contribution is 2.21. The number of Topliss-reactive ketones (excluding diaryl/α,β-unsaturated/α-hetero) is 1. The predicted octanol–water partition coefficient (Wildman–Crippen LogP) is 3.44. The topological polar surface area (TPSA) is 73.2 Å². The van der Waals surface area contributed by atoms with Crippen molar-refractivity contribution < 1.29 is 14.3 Å². The number of aryl methyl sites for hydroxylation is 2. The fourth-order valence-corrected chi connectivity index (χ4v) is 3.28. The summed E-state index contributed by atoms with van der Waals surface area (Å²) in [5, 5.41) is 2.89. The number of nitrogens with one attached hydrogen (secondary N) is 1. The van der Waals surface area contributed by atoms with Gasteiger partial charge < -0.3 is 14.6 Å². The van der Waals surface area contributed by atoms with Crippen LogP contribution < -0.4 is 10.1 Å². The third-order valence-corrected chi connectivity index (χ3v) is 4.74. The van der Waals surface area contributed by atoms with Gasteiger partial charge in [0.15, 0.2) is 5.78 Å². The summed E-state index contributed by atoms with van der Waals surface area (Å²) in [5.41, 5.74) is 3.51. The van der Waals surface area contributed by atoms with Crippen molar-refractivity contribution in [2.24, 2.45) is 0 Å². The third-order valence-electron chi connectivity index (χ3n) is 4.74. The van der Waals surface area contributed by atoms with E-state index in [9.17, 15) is 9.59 Å². The number of hydrogen-bond acceptors (Lipinski definition) is 4. The van der Waals surface area contributed by atoms with Crippen molar-refractivity contribution >= 4 is 22.7 Å². The normalized spacial score (nSPS) is 10.8. The summed E-state index contributed by atoms with van der Waals surface area (Å²) >= 11 is 0. The molecule has 146 valence electrons. The van der Waals surface area contributed by atoms with Gasteiger partial charge in [-0.05, 0) is 38.1 Å². The zero-order valence-corrected chi connectivity index (χ0v) is 16.5. The number of carbonyl (C=O) groups excluding carboxylic acids is 2. The highest BCUT2D eigenvalue weighted by Gasteiger charge is 2.14. The lowest BCUT2D eigenvalue weighted by Crippen LogP contribution is -2.27. The van der Waals surface area contributed by atoms with Crippen LogP contribution in [0.1, 0.15) is 34.6 Å². The lowest BCUT2D eigenvalue weighted by atomic mass is 10.0. The summed E-state index contributed by atoms with van der Waals surface area (Å²) in [6.45, 7) is 5.00. The molecule has 0 aliphatic carbocycles. The van der Waals surface area contributed by atoms with Gasteiger partial charge in [-0.25, -0.2) is 4.98 Å². The molecule has 6 nitrogen and oxygen atoms in total. The number of fused-ring (bicyclic) bond motifs is 1. The van der Waals surface area contributed by atoms with Crippen LogP contribution in [0.3, 0.4) is 0 Å². The van der Waals surface area contributed by atoms with Gasteiger partial charge in [0.25, 0.3) is 0 Å². The number of hydrogen-bond donors (Lipinski definition) is 1. The summed E-state index contributed by atoms with van der Waals surface area (Å²) in [4.78, 5) is 29.1. The van der Waals surface area contributed by atoms with Crippen LogP contribution in [0.4, 0.5) is 0 Å². The van der Waals surface area contributed by atoms with Gasteiger partial charge in [-0.1, -0.05) is 23.8 Å². The molecule has 3 aromatic rings. The van der Waals surface area contributed by atoms with E-state index < -0.39 is 0 Å². The Morgan fingerprint density at radius 3 is 2.68 bits per heavy atom. The van der Waals surface area contributed by atoms with Crippen molar-refractivity contribution in [3.8, 4) is 5.75 Å². The monoisotopic (exact) mass is 379 g/mol. The zero-order chi connectivity index (χ0) is 20.1. The maximum atomic E-state index is 12.5. The number of imidazole rings is 1. The van der Waals surface area contributed by atoms with E-state index in [1.165, 1.54) is 7.11 Å². The average Bonchev–Trinajstić information content (AvgIpc) is 3.01. The van der Waals surface area contributed by atoms with Crippen LogP contribution in [0, 0.1) is 13.8 Å². The van der Waals surface area contributed by atoms with E-state index in [2.05, 4.69) is 14.9 Å². The summed E-state index contributed by atoms with van der Waals surface area (Å²) in [7, 11) is 1.54. The molecule has 6 heteroatoms. The number of ketones is 1. The number of nitrogens with zero attached hydrogens (tertiary/aromatic N) is 2. The maximum absolute atomic E-state index is 12.5. The van der Waals surface area contributed by atoms with Crippen LogP contribution in [0.15, 0.2) is 42.5 Å². The first-order chi connectivity index (χ1) is 13.5. The van der Waals surface area contributed by atoms with Crippen LogP contribution in [-0.4, -0.2) is 34.9 Å². The molecule has 0 saturated heterocycles. The van der Waals surface area contributed by atoms with Crippen molar-refractivity contribution in [2.75, 3.05) is 13.7 Å². The fraction of sp³-hybridized carbons (Fsp3) is 0.318. The standard InChI is InChI=1S/C22H25N3O3/c1-15-8-10-21(28-3)17(14-15)20(26)9-11-22(27)23-12-13-25-16(2)24-18-6-4-5-7-19(18)25/h4-8,10,14H,9,11-13H2,1-3H3,(H,23,27). The molecule has 0 saturated carbocycles. The molecule has 0 radical (unpaired) electrons. The molecule has 3 rings (SSSR count). The van der Waals surface area contributed by atoms with Gasteiger partial charge in [0.05, 0.1) is 23.7 Å². The first kappa shape index (κ1) is 19.6. The quantitative estimate of drug-likeness (QED) is 0.609. The number of benzene rings is 2. The molecule has 0 aliphatic heterocycles. The summed E-state index contributed by atoms with van der Waals surface area (Å²) in [6.07, 6.45) is 0.304. The van der Waals surface area contributed by atoms with E-state index in [1.54, 1.807) is 12.1 Å². The molecule has 0 spiro atoms. The molecule has 1 aromatic heterocycles. The largest absolute Gasteiger partial charge is 0.496 e. The SMILES string of the molecule is COc1ccc(C)cc1C(=O)CCC(=O)NCCn1c(C)nc2ccccc21. The lowest BCUT2D eigenvalue weighted by Gasteiger charge is -2.10. The molecule has 2 aromatic carbocycles. The molecule has 1 amide bonds. The molecule has 0 atom stereocenters. The van der Waals surface area contributed by atoms with Crippen LogP contribution in [-0.2, 0) is 11.3 Å². The van der Waals surface area contributed by atoms with Crippen LogP contribution in [0.5, 0.6) is 5.75 Å². The van der Waals surface area contributed by atoms with Gasteiger partial charge in [0.1, 0.15) is 11.6 Å². The van der Waals surface area contributed by atoms with Crippen molar-refractivity contribution in [3.05, 3.63) is 59.4 Å². The molecule has 1 heterocycles. The second kappa shape index (κ2) is 8.69. The molecule has 0 aliphatic rings. The van der Waals surface area contributed by atoms with E-state index in [4.69, 9.17) is 4.74 Å². The minimum atomic E-state index is -0.137. The maximum Gasteiger partial charge on any atom is 0.220 e. The number of aromatic nitrogens is 2. The van der Waals surface area contributed by atoms with Crippen LogP contribution in [0.2, 0.25) is 0 Å². The minimum Gasteiger partial charge on any atom is -0.496 e. The van der Waals surface area contributed by atoms with Gasteiger partial charge in [0.2, 0.25) is 5.91 Å². The minimum absolute atomic E-state index is 0.0906. The Morgan fingerprint density at radius 1 is 1.11 bits per heavy atom. The molecule has 0 fully saturated rings. The van der Waals surface area contributed by atoms with Crippen molar-refractivity contribution in [1.29, 1.82) is 0 Å². The number of rotatable bonds is 8. The predicted molar refractivity (Wildman–Crippen MR) is 109 cm³/mol. The number of amides is 1. The first-order valence-corrected chi connectivity index (χ1v) is 9.36. The zero-order valence-electron chi connectivity index (χ0n) is 16.5. The average molecular weight is 379 g/mol. The Kier molecular flexibility index (Phi) is 6.09. The smallest absolute Gasteiger partial charge is 0.220 e. The van der Waals surface area contributed by atoms with Gasteiger partial charge in [-0.2, -0.15) is 0 Å². The van der Waals surface area contributed by atoms with Crippen molar-refractivity contribution in [1.82, 2.24) is 14.9 Å². The molecule has 1 N–H and O–H groups in total. The Hall–Kier alpha value is -3.15. The van der Waals surface area contributed by atoms with Crippen LogP contribution >= 0.6 is 0 Å². The fourth-order valence-electron chi connectivity index (χ4n) is 3.28. The van der Waals surface area contributed by atoms with Gasteiger partial charge in [-0.3, -0.25) is 9.59 Å². The number of para-hydroxylation sites is 2. The lowest BCUT2D eigenvalue weighted by molar-refractivity contribution is -0.121. The van der Waals surface area contributed by atoms with Crippen molar-refractivity contribution in [3.63, 3.8) is 0 Å². The summed E-state index contributed by atoms with van der Waals surface area (Å²) in [5.74, 6) is 1.23. The summed E-state index contributed by atoms with van der Waals surface area (Å²) < 4.78 is 7.33. The highest BCUT2D eigenvalue weighted by atomic mass is 16.5. The van der Waals surface area contributed by atoms with Crippen LogP contribution in [0.25, 0.3) is 11.0 Å². The van der Waals surface area contributed by atoms with Crippen molar-refractivity contribution in [2.45, 2.75) is 33.2 Å². The highest BCUT2D eigenvalue weighted by molar-refractivity contribution is 6.00. The number of carbonyl (C=O) groups is 2. The Morgan fingerprint density at radius 2 is 1.89 bits per heavy atom. The van der Waals surface area contributed by atoms with E-state index in [0.717, 1.165) is 22.4 Å². The molecular weight excluding hydrogens is 354 g/mol. The van der Waals surface area contributed by atoms with E-state index in [1.807, 2.05) is 44.2 Å². The van der Waals surface area contributed by atoms with E-state index >= 15 is 0 Å².